The van der Waals surface area contributed by atoms with Gasteiger partial charge in [0, 0.05) is 0 Å². The van der Waals surface area contributed by atoms with Crippen molar-refractivity contribution in [2.24, 2.45) is 0 Å². The highest BCUT2D eigenvalue weighted by Crippen LogP contribution is 2.47. The van der Waals surface area contributed by atoms with E-state index in [1.807, 2.05) is 97.1 Å². The summed E-state index contributed by atoms with van der Waals surface area (Å²) in [6.07, 6.45) is 2.18. The molecule has 6 aromatic rings. The molecule has 0 fully saturated rings. The van der Waals surface area contributed by atoms with Gasteiger partial charge < -0.3 is 23.7 Å². The van der Waals surface area contributed by atoms with Gasteiger partial charge in [0.05, 0.1) is 44.4 Å². The van der Waals surface area contributed by atoms with Gasteiger partial charge in [0.1, 0.15) is 23.0 Å². The molecule has 2 atom stereocenters. The predicted octanol–water partition coefficient (Wildman–Crippen LogP) is 17.2. The minimum Gasteiger partial charge on any atom is -0.491 e. The quantitative estimate of drug-likeness (QED) is 0.0763. The molecule has 9 heteroatoms. The fraction of sp³-hybridized carbons (Fsp3) is 0.308. The Morgan fingerprint density at radius 1 is 0.492 bits per heavy atom. The first-order chi connectivity index (χ1) is 29.3. The van der Waals surface area contributed by atoms with Crippen LogP contribution in [0.3, 0.4) is 0 Å². The lowest BCUT2D eigenvalue weighted by molar-refractivity contribution is -0.0413. The van der Waals surface area contributed by atoms with Crippen molar-refractivity contribution >= 4 is 55.1 Å². The third-order valence-corrected chi connectivity index (χ3v) is 12.3. The van der Waals surface area contributed by atoms with Crippen LogP contribution in [0.4, 0.5) is 0 Å². The Morgan fingerprint density at radius 3 is 1.23 bits per heavy atom. The molecular weight excluding hydrogens is 935 g/mol. The van der Waals surface area contributed by atoms with Gasteiger partial charge in [-0.25, -0.2) is 0 Å². The van der Waals surface area contributed by atoms with Crippen LogP contribution in [0.1, 0.15) is 102 Å². The average molecular weight is 990 g/mol. The summed E-state index contributed by atoms with van der Waals surface area (Å²) in [6.45, 7) is 14.2. The van der Waals surface area contributed by atoms with Gasteiger partial charge >= 0.3 is 0 Å². The number of halogens is 4. The fourth-order valence-corrected chi connectivity index (χ4v) is 9.17. The molecule has 0 bridgehead atoms. The molecule has 0 aromatic heterocycles. The first kappa shape index (κ1) is 46.5. The zero-order chi connectivity index (χ0) is 43.6. The van der Waals surface area contributed by atoms with Crippen molar-refractivity contribution in [3.63, 3.8) is 0 Å². The van der Waals surface area contributed by atoms with Crippen molar-refractivity contribution in [2.75, 3.05) is 13.2 Å². The number of hydrogen-bond donors (Lipinski definition) is 0. The highest BCUT2D eigenvalue weighted by Gasteiger charge is 2.34. The molecule has 0 N–H and O–H groups in total. The molecular formula is C52H54Br2Cl2O5. The minimum atomic E-state index is -0.415. The maximum Gasteiger partial charge on any atom is 0.152 e. The maximum atomic E-state index is 7.57. The second-order valence-electron chi connectivity index (χ2n) is 16.5. The Labute approximate surface area is 388 Å². The molecule has 5 nitrogen and oxygen atoms in total. The van der Waals surface area contributed by atoms with E-state index in [0.717, 1.165) is 67.0 Å². The molecule has 320 valence electrons. The molecule has 0 saturated carbocycles. The second-order valence-corrected chi connectivity index (χ2v) is 19.0. The van der Waals surface area contributed by atoms with Crippen LogP contribution < -0.4 is 18.9 Å². The van der Waals surface area contributed by atoms with E-state index < -0.39 is 23.0 Å². The van der Waals surface area contributed by atoms with E-state index in [0.29, 0.717) is 47.6 Å². The van der Waals surface area contributed by atoms with Crippen molar-refractivity contribution < 1.29 is 23.7 Å². The monoisotopic (exact) mass is 986 g/mol. The number of benzene rings is 6. The standard InChI is InChI=1S/C52H54Br2Cl2O5/c1-7-25-57-49-43(53)29-37(31-45(49)55)51(3,4)33-47(35-17-15-23-41(27-35)59-39-19-11-9-12-20-39)61-48(36-18-16-24-42(28-36)60-40-21-13-10-14-22-40)34-52(5,6)38-30-44(54)50(46(56)32-38)58-26-8-2/h9-24,27-32,47-48H,7-8,25-26,33-34H2,1-6H3. The lowest BCUT2D eigenvalue weighted by atomic mass is 9.77. The maximum absolute atomic E-state index is 7.57. The van der Waals surface area contributed by atoms with Gasteiger partial charge in [-0.15, -0.1) is 0 Å². The van der Waals surface area contributed by atoms with E-state index in [2.05, 4.69) is 110 Å². The highest BCUT2D eigenvalue weighted by molar-refractivity contribution is 9.11. The number of ether oxygens (including phenoxy) is 5. The van der Waals surface area contributed by atoms with Gasteiger partial charge in [-0.05, 0) is 163 Å². The number of hydrogen-bond acceptors (Lipinski definition) is 5. The van der Waals surface area contributed by atoms with Crippen LogP contribution in [0.2, 0.25) is 10.0 Å². The molecule has 61 heavy (non-hydrogen) atoms. The summed E-state index contributed by atoms with van der Waals surface area (Å²) in [5.74, 6) is 4.26. The molecule has 0 amide bonds. The molecule has 6 rings (SSSR count). The summed E-state index contributed by atoms with van der Waals surface area (Å²) in [4.78, 5) is 0. The second kappa shape index (κ2) is 21.4. The highest BCUT2D eigenvalue weighted by atomic mass is 79.9. The smallest absolute Gasteiger partial charge is 0.152 e. The van der Waals surface area contributed by atoms with Crippen LogP contribution >= 0.6 is 55.1 Å². The summed E-state index contributed by atoms with van der Waals surface area (Å²) in [5.41, 5.74) is 3.25. The Hall–Kier alpha value is -3.98. The zero-order valence-corrected chi connectivity index (χ0v) is 40.3. The topological polar surface area (TPSA) is 46.2 Å². The molecule has 2 unspecified atom stereocenters. The Morgan fingerprint density at radius 2 is 0.869 bits per heavy atom. The van der Waals surface area contributed by atoms with E-state index in [-0.39, 0.29) is 0 Å². The largest absolute Gasteiger partial charge is 0.491 e. The third-order valence-electron chi connectivity index (χ3n) is 10.6. The molecule has 0 aliphatic heterocycles. The van der Waals surface area contributed by atoms with Gasteiger partial charge in [0.2, 0.25) is 0 Å². The van der Waals surface area contributed by atoms with Crippen molar-refractivity contribution in [3.8, 4) is 34.5 Å². The summed E-state index contributed by atoms with van der Waals surface area (Å²) in [5, 5.41) is 1.12. The summed E-state index contributed by atoms with van der Waals surface area (Å²) in [6, 6.07) is 44.3. The van der Waals surface area contributed by atoms with E-state index in [1.54, 1.807) is 0 Å². The predicted molar refractivity (Wildman–Crippen MR) is 258 cm³/mol. The molecule has 0 spiro atoms. The number of rotatable bonds is 20. The molecule has 0 aliphatic rings. The van der Waals surface area contributed by atoms with E-state index in [9.17, 15) is 0 Å². The molecule has 0 radical (unpaired) electrons. The van der Waals surface area contributed by atoms with Crippen LogP contribution in [-0.4, -0.2) is 13.2 Å². The van der Waals surface area contributed by atoms with E-state index >= 15 is 0 Å². The summed E-state index contributed by atoms with van der Waals surface area (Å²) < 4.78 is 34.0. The third kappa shape index (κ3) is 12.6. The van der Waals surface area contributed by atoms with Crippen molar-refractivity contribution in [3.05, 3.63) is 175 Å². The van der Waals surface area contributed by atoms with Gasteiger partial charge in [0.15, 0.2) is 11.5 Å². The first-order valence-electron chi connectivity index (χ1n) is 20.8. The molecule has 0 aliphatic carbocycles. The molecule has 0 heterocycles. The zero-order valence-electron chi connectivity index (χ0n) is 35.7. The average Bonchev–Trinajstić information content (AvgIpc) is 3.23. The fourth-order valence-electron chi connectivity index (χ4n) is 7.24. The molecule has 0 saturated heterocycles. The van der Waals surface area contributed by atoms with Crippen LogP contribution in [0.25, 0.3) is 0 Å². The van der Waals surface area contributed by atoms with E-state index in [1.165, 1.54) is 0 Å². The summed E-state index contributed by atoms with van der Waals surface area (Å²) in [7, 11) is 0. The van der Waals surface area contributed by atoms with Crippen molar-refractivity contribution in [1.82, 2.24) is 0 Å². The Balaban J connectivity index is 1.43. The summed E-state index contributed by atoms with van der Waals surface area (Å²) >= 11 is 21.4. The van der Waals surface area contributed by atoms with Gasteiger partial charge in [0.25, 0.3) is 0 Å². The van der Waals surface area contributed by atoms with Crippen molar-refractivity contribution in [1.29, 1.82) is 0 Å². The normalized spacial score (nSPS) is 12.8. The van der Waals surface area contributed by atoms with Crippen molar-refractivity contribution in [2.45, 2.75) is 90.3 Å². The molecule has 6 aromatic carbocycles. The lowest BCUT2D eigenvalue weighted by Crippen LogP contribution is -2.27. The van der Waals surface area contributed by atoms with Crippen LogP contribution in [0, 0.1) is 0 Å². The first-order valence-corrected chi connectivity index (χ1v) is 23.2. The minimum absolute atomic E-state index is 0.400. The van der Waals surface area contributed by atoms with Gasteiger partial charge in [-0.2, -0.15) is 0 Å². The van der Waals surface area contributed by atoms with Gasteiger partial charge in [-0.1, -0.05) is 125 Å². The van der Waals surface area contributed by atoms with E-state index in [4.69, 9.17) is 46.9 Å². The Kier molecular flexibility index (Phi) is 16.3. The SMILES string of the molecule is CCCOc1c(Cl)cc(C(C)(C)CC(OC(CC(C)(C)c2cc(Cl)c(OCCC)c(Br)c2)c2cccc(Oc3ccccc3)c2)c2cccc(Oc3ccccc3)c2)cc1Br. The van der Waals surface area contributed by atoms with Crippen LogP contribution in [0.5, 0.6) is 34.5 Å². The van der Waals surface area contributed by atoms with Crippen LogP contribution in [0.15, 0.2) is 142 Å². The van der Waals surface area contributed by atoms with Gasteiger partial charge in [-0.3, -0.25) is 0 Å². The Bertz CT molecular complexity index is 2140. The number of para-hydroxylation sites is 2. The van der Waals surface area contributed by atoms with Crippen LogP contribution in [-0.2, 0) is 15.6 Å². The lowest BCUT2D eigenvalue weighted by Gasteiger charge is -2.36.